The number of aromatic amines is 1. The van der Waals surface area contributed by atoms with Gasteiger partial charge in [-0.2, -0.15) is 5.26 Å². The smallest absolute Gasteiger partial charge is 0.329 e. The summed E-state index contributed by atoms with van der Waals surface area (Å²) >= 11 is 0. The molecule has 0 bridgehead atoms. The lowest BCUT2D eigenvalue weighted by Crippen LogP contribution is -2.39. The fourth-order valence-corrected chi connectivity index (χ4v) is 1.75. The Labute approximate surface area is 163 Å². The van der Waals surface area contributed by atoms with Crippen molar-refractivity contribution >= 4 is 17.8 Å². The molecule has 0 spiro atoms. The molecule has 0 aliphatic heterocycles. The predicted molar refractivity (Wildman–Crippen MR) is 105 cm³/mol. The second-order valence-corrected chi connectivity index (χ2v) is 5.36. The van der Waals surface area contributed by atoms with E-state index in [0.29, 0.717) is 13.1 Å². The Kier molecular flexibility index (Phi) is 16.7. The van der Waals surface area contributed by atoms with Gasteiger partial charge in [0.1, 0.15) is 12.2 Å². The van der Waals surface area contributed by atoms with Gasteiger partial charge in [-0.3, -0.25) is 24.5 Å². The maximum absolute atomic E-state index is 11.2. The van der Waals surface area contributed by atoms with Crippen LogP contribution in [0, 0.1) is 11.3 Å². The minimum absolute atomic E-state index is 0.224. The van der Waals surface area contributed by atoms with Crippen molar-refractivity contribution in [3.05, 3.63) is 26.9 Å². The molecule has 6 N–H and O–H groups in total. The molecule has 0 unspecified atom stereocenters. The maximum Gasteiger partial charge on any atom is 0.329 e. The zero-order chi connectivity index (χ0) is 21.9. The Bertz CT molecular complexity index is 735. The summed E-state index contributed by atoms with van der Waals surface area (Å²) in [6, 6.07) is 2.33. The number of aliphatic hydroxyl groups excluding tert-OH is 1. The number of nitriles is 1. The standard InChI is InChI=1S/2C8H13N3O2.CH4O/c1-2-3-4-11-6(9)5-7(12)10-8(11)13;1-2-3-6-10-8(13)11-7(12)4-5-9;1-2/h5H,2-4,9H2,1H3,(H,10,12,13);2-4,6H2,1H3,(H2,10,11,12,13);2H,1H3. The number of aliphatic hydroxyl groups is 1. The largest absolute Gasteiger partial charge is 0.400 e. The van der Waals surface area contributed by atoms with Gasteiger partial charge < -0.3 is 16.2 Å². The van der Waals surface area contributed by atoms with Crippen molar-refractivity contribution in [3.63, 3.8) is 0 Å². The molecule has 1 aromatic rings. The molecule has 3 amide bonds. The first-order valence-corrected chi connectivity index (χ1v) is 8.84. The first-order valence-electron chi connectivity index (χ1n) is 8.84. The first-order chi connectivity index (χ1) is 13.3. The van der Waals surface area contributed by atoms with Crippen LogP contribution in [0.15, 0.2) is 15.7 Å². The summed E-state index contributed by atoms with van der Waals surface area (Å²) < 4.78 is 1.37. The Hall–Kier alpha value is -3.13. The number of urea groups is 1. The van der Waals surface area contributed by atoms with E-state index in [9.17, 15) is 19.2 Å². The van der Waals surface area contributed by atoms with Crippen molar-refractivity contribution in [3.8, 4) is 6.07 Å². The second kappa shape index (κ2) is 17.3. The van der Waals surface area contributed by atoms with E-state index in [2.05, 4.69) is 10.3 Å². The van der Waals surface area contributed by atoms with Crippen LogP contribution in [-0.4, -0.2) is 40.3 Å². The highest BCUT2D eigenvalue weighted by Gasteiger charge is 2.05. The van der Waals surface area contributed by atoms with Crippen molar-refractivity contribution in [1.29, 1.82) is 5.26 Å². The first kappa shape index (κ1) is 27.1. The fraction of sp³-hybridized carbons (Fsp3) is 0.588. The number of aromatic nitrogens is 2. The summed E-state index contributed by atoms with van der Waals surface area (Å²) in [6.45, 7) is 5.12. The molecule has 1 rings (SSSR count). The number of H-pyrrole nitrogens is 1. The third-order valence-electron chi connectivity index (χ3n) is 3.11. The molecule has 0 fully saturated rings. The Morgan fingerprint density at radius 2 is 1.86 bits per heavy atom. The van der Waals surface area contributed by atoms with Crippen molar-refractivity contribution in [1.82, 2.24) is 20.2 Å². The Balaban J connectivity index is 0. The van der Waals surface area contributed by atoms with Gasteiger partial charge in [0.05, 0.1) is 6.07 Å². The molecule has 1 heterocycles. The van der Waals surface area contributed by atoms with Gasteiger partial charge in [0.25, 0.3) is 5.56 Å². The van der Waals surface area contributed by atoms with Crippen molar-refractivity contribution in [2.45, 2.75) is 52.5 Å². The molecule has 0 aromatic carbocycles. The molecule has 28 heavy (non-hydrogen) atoms. The monoisotopic (exact) mass is 398 g/mol. The van der Waals surface area contributed by atoms with Crippen molar-refractivity contribution in [2.24, 2.45) is 0 Å². The van der Waals surface area contributed by atoms with Crippen LogP contribution in [0.5, 0.6) is 0 Å². The molecule has 158 valence electrons. The molecule has 1 aromatic heterocycles. The lowest BCUT2D eigenvalue weighted by molar-refractivity contribution is -0.119. The number of hydrogen-bond donors (Lipinski definition) is 5. The fourth-order valence-electron chi connectivity index (χ4n) is 1.75. The average Bonchev–Trinajstić information content (AvgIpc) is 2.63. The van der Waals surface area contributed by atoms with E-state index >= 15 is 0 Å². The zero-order valence-electron chi connectivity index (χ0n) is 16.6. The molecule has 0 aliphatic carbocycles. The van der Waals surface area contributed by atoms with Gasteiger partial charge in [0.2, 0.25) is 5.91 Å². The number of rotatable bonds is 7. The van der Waals surface area contributed by atoms with Crippen LogP contribution >= 0.6 is 0 Å². The molecular formula is C17H30N6O5. The van der Waals surface area contributed by atoms with Crippen LogP contribution in [0.4, 0.5) is 10.6 Å². The number of nitrogens with two attached hydrogens (primary N) is 1. The number of nitrogen functional groups attached to an aromatic ring is 1. The summed E-state index contributed by atoms with van der Waals surface area (Å²) in [6.07, 6.45) is 3.41. The van der Waals surface area contributed by atoms with E-state index in [1.54, 1.807) is 6.07 Å². The van der Waals surface area contributed by atoms with Gasteiger partial charge in [0.15, 0.2) is 0 Å². The number of hydrogen-bond acceptors (Lipinski definition) is 7. The topological polar surface area (TPSA) is 183 Å². The molecule has 0 radical (unpaired) electrons. The number of anilines is 1. The van der Waals surface area contributed by atoms with Crippen LogP contribution in [0.25, 0.3) is 0 Å². The SMILES string of the molecule is CCCCNC(=O)NC(=O)CC#N.CCCCn1c(N)cc(=O)[nH]c1=O.CO. The van der Waals surface area contributed by atoms with Crippen LogP contribution < -0.4 is 27.6 Å². The minimum atomic E-state index is -0.573. The van der Waals surface area contributed by atoms with E-state index in [1.165, 1.54) is 10.6 Å². The van der Waals surface area contributed by atoms with Gasteiger partial charge in [0, 0.05) is 26.3 Å². The van der Waals surface area contributed by atoms with Gasteiger partial charge >= 0.3 is 11.7 Å². The summed E-state index contributed by atoms with van der Waals surface area (Å²) in [5.41, 5.74) is 4.63. The summed E-state index contributed by atoms with van der Waals surface area (Å²) in [4.78, 5) is 45.7. The number of nitrogens with zero attached hydrogens (tertiary/aromatic N) is 2. The number of carbonyl (C=O) groups is 2. The minimum Gasteiger partial charge on any atom is -0.400 e. The van der Waals surface area contributed by atoms with Gasteiger partial charge in [-0.1, -0.05) is 26.7 Å². The number of amides is 3. The van der Waals surface area contributed by atoms with Crippen LogP contribution in [0.1, 0.15) is 46.0 Å². The lowest BCUT2D eigenvalue weighted by Gasteiger charge is -2.06. The maximum atomic E-state index is 11.2. The van der Waals surface area contributed by atoms with E-state index in [1.807, 2.05) is 19.2 Å². The van der Waals surface area contributed by atoms with Gasteiger partial charge in [-0.25, -0.2) is 9.59 Å². The number of nitrogens with one attached hydrogen (secondary N) is 3. The zero-order valence-corrected chi connectivity index (χ0v) is 16.6. The third kappa shape index (κ3) is 13.1. The molecule has 0 atom stereocenters. The molecule has 0 aliphatic rings. The predicted octanol–water partition coefficient (Wildman–Crippen LogP) is 0.0534. The van der Waals surface area contributed by atoms with Crippen molar-refractivity contribution < 1.29 is 14.7 Å². The quantitative estimate of drug-likeness (QED) is 0.402. The average molecular weight is 398 g/mol. The number of carbonyl (C=O) groups excluding carboxylic acids is 2. The van der Waals surface area contributed by atoms with E-state index in [0.717, 1.165) is 32.8 Å². The Morgan fingerprint density at radius 1 is 1.25 bits per heavy atom. The van der Waals surface area contributed by atoms with Crippen LogP contribution in [0.2, 0.25) is 0 Å². The molecule has 11 nitrogen and oxygen atoms in total. The normalized spacial score (nSPS) is 8.96. The highest BCUT2D eigenvalue weighted by atomic mass is 16.2. The van der Waals surface area contributed by atoms with Gasteiger partial charge in [-0.15, -0.1) is 0 Å². The van der Waals surface area contributed by atoms with E-state index in [4.69, 9.17) is 16.1 Å². The molecule has 0 saturated heterocycles. The van der Waals surface area contributed by atoms with E-state index < -0.39 is 23.2 Å². The summed E-state index contributed by atoms with van der Waals surface area (Å²) in [5, 5.41) is 19.6. The summed E-state index contributed by atoms with van der Waals surface area (Å²) in [5.74, 6) is -0.348. The number of unbranched alkanes of at least 4 members (excludes halogenated alkanes) is 2. The second-order valence-electron chi connectivity index (χ2n) is 5.36. The highest BCUT2D eigenvalue weighted by Crippen LogP contribution is 1.96. The van der Waals surface area contributed by atoms with Crippen molar-refractivity contribution in [2.75, 3.05) is 19.4 Å². The van der Waals surface area contributed by atoms with E-state index in [-0.39, 0.29) is 12.2 Å². The summed E-state index contributed by atoms with van der Waals surface area (Å²) in [7, 11) is 1.00. The van der Waals surface area contributed by atoms with Crippen LogP contribution in [-0.2, 0) is 11.3 Å². The molecule has 0 saturated carbocycles. The van der Waals surface area contributed by atoms with Crippen LogP contribution in [0.3, 0.4) is 0 Å². The Morgan fingerprint density at radius 3 is 2.36 bits per heavy atom. The molecule has 11 heteroatoms. The third-order valence-corrected chi connectivity index (χ3v) is 3.11. The molecular weight excluding hydrogens is 368 g/mol. The number of imide groups is 1. The van der Waals surface area contributed by atoms with Gasteiger partial charge in [-0.05, 0) is 12.8 Å². The highest BCUT2D eigenvalue weighted by molar-refractivity contribution is 5.95. The lowest BCUT2D eigenvalue weighted by atomic mass is 10.3.